The predicted octanol–water partition coefficient (Wildman–Crippen LogP) is 0.266. The van der Waals surface area contributed by atoms with Gasteiger partial charge in [0.2, 0.25) is 0 Å². The standard InChI is InChI=1S/C8H19NO3/c1-7(8(2)10)9(3)5-6-12-11-4/h7-8,10H,5-6H2,1-4H3. The molecular formula is C8H19NO3. The Balaban J connectivity index is 3.49. The maximum absolute atomic E-state index is 9.23. The van der Waals surface area contributed by atoms with Crippen LogP contribution in [0.4, 0.5) is 0 Å². The Morgan fingerprint density at radius 2 is 2.00 bits per heavy atom. The van der Waals surface area contributed by atoms with Crippen molar-refractivity contribution in [3.05, 3.63) is 0 Å². The predicted molar refractivity (Wildman–Crippen MR) is 46.7 cm³/mol. The lowest BCUT2D eigenvalue weighted by Crippen LogP contribution is -2.39. The van der Waals surface area contributed by atoms with Crippen molar-refractivity contribution in [2.45, 2.75) is 26.0 Å². The minimum Gasteiger partial charge on any atom is -0.392 e. The first kappa shape index (κ1) is 11.8. The van der Waals surface area contributed by atoms with E-state index in [1.54, 1.807) is 6.92 Å². The summed E-state index contributed by atoms with van der Waals surface area (Å²) in [7, 11) is 3.43. The number of hydrogen-bond acceptors (Lipinski definition) is 4. The second-order valence-corrected chi connectivity index (χ2v) is 2.95. The number of likely N-dealkylation sites (N-methyl/N-ethyl adjacent to an activating group) is 1. The summed E-state index contributed by atoms with van der Waals surface area (Å²) in [6.07, 6.45) is -0.322. The van der Waals surface area contributed by atoms with Crippen LogP contribution in [0.5, 0.6) is 0 Å². The van der Waals surface area contributed by atoms with Crippen LogP contribution in [0, 0.1) is 0 Å². The SMILES string of the molecule is COOCCN(C)C(C)C(C)O. The van der Waals surface area contributed by atoms with Gasteiger partial charge in [-0.15, -0.1) is 0 Å². The van der Waals surface area contributed by atoms with Crippen LogP contribution in [0.3, 0.4) is 0 Å². The molecule has 0 heterocycles. The van der Waals surface area contributed by atoms with Crippen molar-refractivity contribution in [1.29, 1.82) is 0 Å². The molecule has 1 N–H and O–H groups in total. The summed E-state index contributed by atoms with van der Waals surface area (Å²) >= 11 is 0. The Bertz CT molecular complexity index is 108. The van der Waals surface area contributed by atoms with Gasteiger partial charge in [0.25, 0.3) is 0 Å². The van der Waals surface area contributed by atoms with Crippen LogP contribution in [0.15, 0.2) is 0 Å². The third kappa shape index (κ3) is 4.66. The highest BCUT2D eigenvalue weighted by Crippen LogP contribution is 2.00. The largest absolute Gasteiger partial charge is 0.392 e. The van der Waals surface area contributed by atoms with Gasteiger partial charge in [0.15, 0.2) is 0 Å². The fourth-order valence-corrected chi connectivity index (χ4v) is 0.837. The van der Waals surface area contributed by atoms with Gasteiger partial charge in [0.1, 0.15) is 0 Å². The zero-order valence-electron chi connectivity index (χ0n) is 8.28. The number of nitrogens with zero attached hydrogens (tertiary/aromatic N) is 1. The monoisotopic (exact) mass is 177 g/mol. The molecule has 74 valence electrons. The maximum Gasteiger partial charge on any atom is 0.0949 e. The molecule has 0 aliphatic heterocycles. The van der Waals surface area contributed by atoms with E-state index in [1.807, 2.05) is 18.9 Å². The van der Waals surface area contributed by atoms with Crippen LogP contribution < -0.4 is 0 Å². The Kier molecular flexibility index (Phi) is 6.28. The van der Waals surface area contributed by atoms with Crippen molar-refractivity contribution in [3.8, 4) is 0 Å². The summed E-state index contributed by atoms with van der Waals surface area (Å²) in [5, 5.41) is 9.23. The molecule has 0 rings (SSSR count). The van der Waals surface area contributed by atoms with E-state index in [-0.39, 0.29) is 12.1 Å². The summed E-state index contributed by atoms with van der Waals surface area (Å²) in [6.45, 7) is 5.01. The summed E-state index contributed by atoms with van der Waals surface area (Å²) in [5.41, 5.74) is 0. The van der Waals surface area contributed by atoms with Crippen molar-refractivity contribution < 1.29 is 14.9 Å². The fourth-order valence-electron chi connectivity index (χ4n) is 0.837. The maximum atomic E-state index is 9.23. The molecule has 12 heavy (non-hydrogen) atoms. The summed E-state index contributed by atoms with van der Waals surface area (Å²) in [4.78, 5) is 11.2. The zero-order valence-corrected chi connectivity index (χ0v) is 8.28. The van der Waals surface area contributed by atoms with Crippen LogP contribution in [0.25, 0.3) is 0 Å². The minimum atomic E-state index is -0.322. The molecule has 0 bridgehead atoms. The van der Waals surface area contributed by atoms with Crippen molar-refractivity contribution in [1.82, 2.24) is 4.90 Å². The lowest BCUT2D eigenvalue weighted by molar-refractivity contribution is -0.273. The normalized spacial score (nSPS) is 16.5. The molecule has 4 nitrogen and oxygen atoms in total. The molecular weight excluding hydrogens is 158 g/mol. The van der Waals surface area contributed by atoms with E-state index in [9.17, 15) is 5.11 Å². The van der Waals surface area contributed by atoms with E-state index < -0.39 is 0 Å². The first-order valence-electron chi connectivity index (χ1n) is 4.13. The molecule has 4 heteroatoms. The van der Waals surface area contributed by atoms with Crippen LogP contribution in [-0.2, 0) is 9.78 Å². The van der Waals surface area contributed by atoms with E-state index in [1.165, 1.54) is 7.11 Å². The van der Waals surface area contributed by atoms with Gasteiger partial charge in [0.05, 0.1) is 19.8 Å². The third-order valence-electron chi connectivity index (χ3n) is 2.04. The Morgan fingerprint density at radius 1 is 1.42 bits per heavy atom. The molecule has 0 saturated carbocycles. The second kappa shape index (κ2) is 6.37. The lowest BCUT2D eigenvalue weighted by Gasteiger charge is -2.26. The molecule has 0 amide bonds. The first-order valence-corrected chi connectivity index (χ1v) is 4.13. The molecule has 2 unspecified atom stereocenters. The molecule has 0 aliphatic carbocycles. The van der Waals surface area contributed by atoms with E-state index in [2.05, 4.69) is 4.89 Å². The van der Waals surface area contributed by atoms with Gasteiger partial charge in [-0.05, 0) is 20.9 Å². The van der Waals surface area contributed by atoms with Crippen molar-refractivity contribution >= 4 is 0 Å². The number of rotatable bonds is 6. The molecule has 0 spiro atoms. The van der Waals surface area contributed by atoms with Crippen molar-refractivity contribution in [2.24, 2.45) is 0 Å². The Labute approximate surface area is 74.0 Å². The average molecular weight is 177 g/mol. The number of hydrogen-bond donors (Lipinski definition) is 1. The van der Waals surface area contributed by atoms with Gasteiger partial charge in [-0.3, -0.25) is 4.90 Å². The zero-order chi connectivity index (χ0) is 9.56. The Morgan fingerprint density at radius 3 is 2.42 bits per heavy atom. The van der Waals surface area contributed by atoms with Crippen LogP contribution >= 0.6 is 0 Å². The number of aliphatic hydroxyl groups is 1. The van der Waals surface area contributed by atoms with Crippen LogP contribution in [-0.4, -0.2) is 49.5 Å². The quantitative estimate of drug-likeness (QED) is 0.359. The summed E-state index contributed by atoms with van der Waals surface area (Å²) in [6, 6.07) is 0.144. The van der Waals surface area contributed by atoms with Crippen molar-refractivity contribution in [3.63, 3.8) is 0 Å². The van der Waals surface area contributed by atoms with Crippen molar-refractivity contribution in [2.75, 3.05) is 27.3 Å². The molecule has 0 fully saturated rings. The van der Waals surface area contributed by atoms with Gasteiger partial charge in [-0.1, -0.05) is 0 Å². The molecule has 0 aliphatic rings. The van der Waals surface area contributed by atoms with Crippen LogP contribution in [0.2, 0.25) is 0 Å². The fraction of sp³-hybridized carbons (Fsp3) is 1.00. The van der Waals surface area contributed by atoms with Gasteiger partial charge >= 0.3 is 0 Å². The third-order valence-corrected chi connectivity index (χ3v) is 2.04. The second-order valence-electron chi connectivity index (χ2n) is 2.95. The van der Waals surface area contributed by atoms with Gasteiger partial charge < -0.3 is 5.11 Å². The number of aliphatic hydroxyl groups excluding tert-OH is 1. The van der Waals surface area contributed by atoms with E-state index in [0.29, 0.717) is 6.61 Å². The van der Waals surface area contributed by atoms with Gasteiger partial charge in [-0.2, -0.15) is 0 Å². The highest BCUT2D eigenvalue weighted by atomic mass is 17.2. The van der Waals surface area contributed by atoms with Crippen LogP contribution in [0.1, 0.15) is 13.8 Å². The highest BCUT2D eigenvalue weighted by molar-refractivity contribution is 4.67. The summed E-state index contributed by atoms with van der Waals surface area (Å²) < 4.78 is 0. The molecule has 0 aromatic heterocycles. The molecule has 2 atom stereocenters. The van der Waals surface area contributed by atoms with Gasteiger partial charge in [0, 0.05) is 12.6 Å². The smallest absolute Gasteiger partial charge is 0.0949 e. The highest BCUT2D eigenvalue weighted by Gasteiger charge is 2.13. The molecule has 0 aromatic carbocycles. The van der Waals surface area contributed by atoms with E-state index >= 15 is 0 Å². The average Bonchev–Trinajstić information content (AvgIpc) is 2.03. The first-order chi connectivity index (χ1) is 5.59. The molecule has 0 radical (unpaired) electrons. The minimum absolute atomic E-state index is 0.144. The summed E-state index contributed by atoms with van der Waals surface area (Å²) in [5.74, 6) is 0. The van der Waals surface area contributed by atoms with Gasteiger partial charge in [-0.25, -0.2) is 9.78 Å². The molecule has 0 saturated heterocycles. The topological polar surface area (TPSA) is 41.9 Å². The molecule has 0 aromatic rings. The lowest BCUT2D eigenvalue weighted by atomic mass is 10.2. The Hall–Kier alpha value is -0.160. The van der Waals surface area contributed by atoms with E-state index in [4.69, 9.17) is 4.89 Å². The van der Waals surface area contributed by atoms with E-state index in [0.717, 1.165) is 6.54 Å².